The molecule has 0 atom stereocenters. The van der Waals surface area contributed by atoms with Crippen molar-refractivity contribution in [3.8, 4) is 0 Å². The summed E-state index contributed by atoms with van der Waals surface area (Å²) in [6.07, 6.45) is 1.96. The Bertz CT molecular complexity index is 403. The molecule has 1 fully saturated rings. The molecule has 1 saturated heterocycles. The zero-order chi connectivity index (χ0) is 11.5. The molecule has 0 saturated carbocycles. The molecule has 16 heavy (non-hydrogen) atoms. The van der Waals surface area contributed by atoms with Crippen LogP contribution in [0.3, 0.4) is 0 Å². The van der Waals surface area contributed by atoms with Gasteiger partial charge in [-0.25, -0.2) is 5.06 Å². The largest absolute Gasteiger partial charge is 0.277 e. The summed E-state index contributed by atoms with van der Waals surface area (Å²) >= 11 is 11.6. The Morgan fingerprint density at radius 3 is 2.69 bits per heavy atom. The Morgan fingerprint density at radius 1 is 1.25 bits per heavy atom. The van der Waals surface area contributed by atoms with Crippen molar-refractivity contribution >= 4 is 29.1 Å². The Morgan fingerprint density at radius 2 is 2.06 bits per heavy atom. The Kier molecular flexibility index (Phi) is 3.69. The van der Waals surface area contributed by atoms with Crippen LogP contribution in [0.5, 0.6) is 0 Å². The van der Waals surface area contributed by atoms with Crippen LogP contribution >= 0.6 is 23.2 Å². The van der Waals surface area contributed by atoms with E-state index in [2.05, 4.69) is 0 Å². The van der Waals surface area contributed by atoms with Crippen molar-refractivity contribution in [2.24, 2.45) is 0 Å². The van der Waals surface area contributed by atoms with E-state index in [0.717, 1.165) is 12.8 Å². The highest BCUT2D eigenvalue weighted by atomic mass is 35.5. The molecule has 2 rings (SSSR count). The maximum absolute atomic E-state index is 12.0. The molecule has 1 aliphatic rings. The Hall–Kier alpha value is -0.770. The lowest BCUT2D eigenvalue weighted by atomic mass is 10.2. The lowest BCUT2D eigenvalue weighted by molar-refractivity contribution is -0.144. The highest BCUT2D eigenvalue weighted by molar-refractivity contribution is 6.42. The number of nitrogens with zero attached hydrogens (tertiary/aromatic N) is 1. The smallest absolute Gasteiger partial charge is 0.271 e. The van der Waals surface area contributed by atoms with Gasteiger partial charge in [0.25, 0.3) is 5.91 Å². The van der Waals surface area contributed by atoms with E-state index in [1.54, 1.807) is 18.2 Å². The summed E-state index contributed by atoms with van der Waals surface area (Å²) in [5.74, 6) is -0.168. The summed E-state index contributed by atoms with van der Waals surface area (Å²) in [4.78, 5) is 17.2. The second-order valence-corrected chi connectivity index (χ2v) is 4.39. The SMILES string of the molecule is O=C(c1ccc(Cl)c(Cl)c1)N1CCCCO1. The Balaban J connectivity index is 2.16. The van der Waals surface area contributed by atoms with Crippen LogP contribution in [-0.4, -0.2) is 24.1 Å². The molecule has 1 heterocycles. The lowest BCUT2D eigenvalue weighted by Gasteiger charge is -2.25. The molecule has 1 aromatic carbocycles. The van der Waals surface area contributed by atoms with E-state index in [4.69, 9.17) is 28.0 Å². The first-order valence-corrected chi connectivity index (χ1v) is 5.84. The van der Waals surface area contributed by atoms with E-state index in [1.807, 2.05) is 0 Å². The molecule has 86 valence electrons. The number of carbonyl (C=O) groups is 1. The first kappa shape index (κ1) is 11.7. The minimum Gasteiger partial charge on any atom is -0.271 e. The van der Waals surface area contributed by atoms with Crippen molar-refractivity contribution in [2.75, 3.05) is 13.2 Å². The minimum atomic E-state index is -0.168. The topological polar surface area (TPSA) is 29.5 Å². The van der Waals surface area contributed by atoms with Gasteiger partial charge in [-0.3, -0.25) is 9.63 Å². The highest BCUT2D eigenvalue weighted by Crippen LogP contribution is 2.23. The molecule has 5 heteroatoms. The van der Waals surface area contributed by atoms with Crippen LogP contribution in [0.4, 0.5) is 0 Å². The highest BCUT2D eigenvalue weighted by Gasteiger charge is 2.19. The van der Waals surface area contributed by atoms with Gasteiger partial charge in [-0.05, 0) is 31.0 Å². The summed E-state index contributed by atoms with van der Waals surface area (Å²) < 4.78 is 0. The number of hydroxylamine groups is 2. The summed E-state index contributed by atoms with van der Waals surface area (Å²) in [5, 5.41) is 2.20. The molecule has 0 N–H and O–H groups in total. The maximum atomic E-state index is 12.0. The van der Waals surface area contributed by atoms with Crippen LogP contribution in [0.15, 0.2) is 18.2 Å². The number of hydrogen-bond donors (Lipinski definition) is 0. The number of carbonyl (C=O) groups excluding carboxylic acids is 1. The monoisotopic (exact) mass is 259 g/mol. The van der Waals surface area contributed by atoms with Crippen molar-refractivity contribution in [2.45, 2.75) is 12.8 Å². The van der Waals surface area contributed by atoms with Gasteiger partial charge in [0, 0.05) is 12.1 Å². The maximum Gasteiger partial charge on any atom is 0.277 e. The van der Waals surface area contributed by atoms with Gasteiger partial charge in [0.05, 0.1) is 16.7 Å². The molecular formula is C11H11Cl2NO2. The summed E-state index contributed by atoms with van der Waals surface area (Å²) in [5.41, 5.74) is 0.497. The first-order valence-electron chi connectivity index (χ1n) is 5.08. The third kappa shape index (κ3) is 2.48. The van der Waals surface area contributed by atoms with Crippen molar-refractivity contribution in [1.82, 2.24) is 5.06 Å². The van der Waals surface area contributed by atoms with Crippen molar-refractivity contribution in [1.29, 1.82) is 0 Å². The molecule has 0 unspecified atom stereocenters. The average Bonchev–Trinajstić information content (AvgIpc) is 2.33. The molecule has 0 aromatic heterocycles. The van der Waals surface area contributed by atoms with Gasteiger partial charge in [-0.1, -0.05) is 23.2 Å². The lowest BCUT2D eigenvalue weighted by Crippen LogP contribution is -2.35. The predicted molar refractivity (Wildman–Crippen MR) is 62.7 cm³/mol. The van der Waals surface area contributed by atoms with Crippen molar-refractivity contribution in [3.05, 3.63) is 33.8 Å². The molecule has 0 aliphatic carbocycles. The van der Waals surface area contributed by atoms with Crippen LogP contribution in [0.25, 0.3) is 0 Å². The molecule has 1 amide bonds. The van der Waals surface area contributed by atoms with Gasteiger partial charge >= 0.3 is 0 Å². The normalized spacial score (nSPS) is 16.2. The molecule has 0 spiro atoms. The molecule has 3 nitrogen and oxygen atoms in total. The predicted octanol–water partition coefficient (Wildman–Crippen LogP) is 3.16. The number of halogens is 2. The number of rotatable bonds is 1. The summed E-state index contributed by atoms with van der Waals surface area (Å²) in [6, 6.07) is 4.82. The number of hydrogen-bond acceptors (Lipinski definition) is 2. The third-order valence-corrected chi connectivity index (χ3v) is 3.13. The summed E-state index contributed by atoms with van der Waals surface area (Å²) in [6.45, 7) is 1.21. The molecule has 0 radical (unpaired) electrons. The van der Waals surface area contributed by atoms with Gasteiger partial charge in [0.1, 0.15) is 0 Å². The van der Waals surface area contributed by atoms with Crippen molar-refractivity contribution < 1.29 is 9.63 Å². The van der Waals surface area contributed by atoms with Crippen LogP contribution in [-0.2, 0) is 4.84 Å². The minimum absolute atomic E-state index is 0.168. The molecule has 0 bridgehead atoms. The van der Waals surface area contributed by atoms with Crippen LogP contribution in [0.2, 0.25) is 10.0 Å². The standard InChI is InChI=1S/C11H11Cl2NO2/c12-9-4-3-8(7-10(9)13)11(15)14-5-1-2-6-16-14/h3-4,7H,1-2,5-6H2. The quantitative estimate of drug-likeness (QED) is 0.776. The van der Waals surface area contributed by atoms with Gasteiger partial charge in [-0.15, -0.1) is 0 Å². The van der Waals surface area contributed by atoms with Gasteiger partial charge in [0.15, 0.2) is 0 Å². The zero-order valence-electron chi connectivity index (χ0n) is 8.58. The van der Waals surface area contributed by atoms with E-state index in [-0.39, 0.29) is 5.91 Å². The van der Waals surface area contributed by atoms with Gasteiger partial charge in [0.2, 0.25) is 0 Å². The third-order valence-electron chi connectivity index (χ3n) is 2.40. The fourth-order valence-corrected chi connectivity index (χ4v) is 1.83. The fourth-order valence-electron chi connectivity index (χ4n) is 1.53. The first-order chi connectivity index (χ1) is 7.68. The molecule has 1 aliphatic heterocycles. The second kappa shape index (κ2) is 5.04. The van der Waals surface area contributed by atoms with E-state index in [0.29, 0.717) is 28.8 Å². The number of benzene rings is 1. The van der Waals surface area contributed by atoms with Crippen LogP contribution in [0, 0.1) is 0 Å². The molecule has 1 aromatic rings. The fraction of sp³-hybridized carbons (Fsp3) is 0.364. The van der Waals surface area contributed by atoms with E-state index in [9.17, 15) is 4.79 Å². The van der Waals surface area contributed by atoms with E-state index >= 15 is 0 Å². The number of amides is 1. The van der Waals surface area contributed by atoms with Gasteiger partial charge < -0.3 is 0 Å². The van der Waals surface area contributed by atoms with E-state index < -0.39 is 0 Å². The van der Waals surface area contributed by atoms with Crippen molar-refractivity contribution in [3.63, 3.8) is 0 Å². The van der Waals surface area contributed by atoms with Crippen LogP contribution < -0.4 is 0 Å². The van der Waals surface area contributed by atoms with E-state index in [1.165, 1.54) is 5.06 Å². The summed E-state index contributed by atoms with van der Waals surface area (Å²) in [7, 11) is 0. The van der Waals surface area contributed by atoms with Crippen LogP contribution in [0.1, 0.15) is 23.2 Å². The molecular weight excluding hydrogens is 249 g/mol. The second-order valence-electron chi connectivity index (χ2n) is 3.58. The Labute approximate surface area is 104 Å². The van der Waals surface area contributed by atoms with Gasteiger partial charge in [-0.2, -0.15) is 0 Å². The zero-order valence-corrected chi connectivity index (χ0v) is 10.1. The average molecular weight is 260 g/mol.